The van der Waals surface area contributed by atoms with Crippen molar-refractivity contribution in [2.75, 3.05) is 26.8 Å². The van der Waals surface area contributed by atoms with Crippen LogP contribution < -0.4 is 14.8 Å². The average molecular weight is 358 g/mol. The molecule has 0 bridgehead atoms. The van der Waals surface area contributed by atoms with Crippen LogP contribution in [-0.2, 0) is 14.4 Å². The lowest BCUT2D eigenvalue weighted by molar-refractivity contribution is -0.143. The first-order valence-electron chi connectivity index (χ1n) is 8.64. The number of imide groups is 1. The predicted octanol–water partition coefficient (Wildman–Crippen LogP) is 1.14. The largest absolute Gasteiger partial charge is 0.497 e. The molecule has 2 aliphatic rings. The molecule has 1 saturated heterocycles. The SMILES string of the molecule is COc1ccc(OCCNC(=O)CN2C(=O)C3CC=CCC3C2=O)cc1. The summed E-state index contributed by atoms with van der Waals surface area (Å²) in [6, 6.07) is 7.12. The van der Waals surface area contributed by atoms with Crippen molar-refractivity contribution in [1.29, 1.82) is 0 Å². The third kappa shape index (κ3) is 3.87. The number of likely N-dealkylation sites (tertiary alicyclic amines) is 1. The minimum Gasteiger partial charge on any atom is -0.497 e. The zero-order valence-electron chi connectivity index (χ0n) is 14.6. The van der Waals surface area contributed by atoms with Crippen LogP contribution in [0.3, 0.4) is 0 Å². The third-order valence-corrected chi connectivity index (χ3v) is 4.65. The van der Waals surface area contributed by atoms with Gasteiger partial charge >= 0.3 is 0 Å². The fourth-order valence-corrected chi connectivity index (χ4v) is 3.26. The first-order chi connectivity index (χ1) is 12.6. The molecule has 0 spiro atoms. The molecule has 138 valence electrons. The zero-order chi connectivity index (χ0) is 18.5. The molecule has 0 saturated carbocycles. The molecule has 26 heavy (non-hydrogen) atoms. The number of benzene rings is 1. The summed E-state index contributed by atoms with van der Waals surface area (Å²) in [6.07, 6.45) is 4.99. The van der Waals surface area contributed by atoms with Gasteiger partial charge in [-0.2, -0.15) is 0 Å². The minimum absolute atomic E-state index is 0.229. The summed E-state index contributed by atoms with van der Waals surface area (Å²) in [7, 11) is 1.59. The van der Waals surface area contributed by atoms with E-state index in [9.17, 15) is 14.4 Å². The number of ether oxygens (including phenoxy) is 2. The quantitative estimate of drug-likeness (QED) is 0.449. The number of methoxy groups -OCH3 is 1. The molecule has 0 radical (unpaired) electrons. The Bertz CT molecular complexity index is 687. The standard InChI is InChI=1S/C19H22N2O5/c1-25-13-6-8-14(9-7-13)26-11-10-20-17(22)12-21-18(23)15-4-2-3-5-16(15)19(21)24/h2-3,6-9,15-16H,4-5,10-12H2,1H3,(H,20,22). The van der Waals surface area contributed by atoms with Crippen LogP contribution in [-0.4, -0.2) is 49.4 Å². The first-order valence-corrected chi connectivity index (χ1v) is 8.64. The number of nitrogens with zero attached hydrogens (tertiary/aromatic N) is 1. The van der Waals surface area contributed by atoms with Crippen molar-refractivity contribution >= 4 is 17.7 Å². The van der Waals surface area contributed by atoms with E-state index in [2.05, 4.69) is 5.32 Å². The van der Waals surface area contributed by atoms with Gasteiger partial charge in [0.2, 0.25) is 17.7 Å². The van der Waals surface area contributed by atoms with Crippen molar-refractivity contribution in [2.24, 2.45) is 11.8 Å². The van der Waals surface area contributed by atoms with Crippen molar-refractivity contribution in [1.82, 2.24) is 10.2 Å². The molecule has 1 aromatic rings. The Balaban J connectivity index is 1.41. The number of hydrogen-bond donors (Lipinski definition) is 1. The van der Waals surface area contributed by atoms with Crippen LogP contribution in [0, 0.1) is 11.8 Å². The monoisotopic (exact) mass is 358 g/mol. The molecule has 2 atom stereocenters. The number of carbonyl (C=O) groups is 3. The molecule has 2 unspecified atom stereocenters. The van der Waals surface area contributed by atoms with Gasteiger partial charge in [0, 0.05) is 0 Å². The highest BCUT2D eigenvalue weighted by Crippen LogP contribution is 2.34. The molecule has 1 aliphatic carbocycles. The van der Waals surface area contributed by atoms with Crippen molar-refractivity contribution in [2.45, 2.75) is 12.8 Å². The van der Waals surface area contributed by atoms with Crippen LogP contribution in [0.25, 0.3) is 0 Å². The summed E-state index contributed by atoms with van der Waals surface area (Å²) >= 11 is 0. The summed E-state index contributed by atoms with van der Waals surface area (Å²) in [6.45, 7) is 0.345. The lowest BCUT2D eigenvalue weighted by atomic mass is 9.85. The van der Waals surface area contributed by atoms with E-state index in [1.165, 1.54) is 0 Å². The number of hydrogen-bond acceptors (Lipinski definition) is 5. The van der Waals surface area contributed by atoms with Gasteiger partial charge in [-0.1, -0.05) is 12.2 Å². The fourth-order valence-electron chi connectivity index (χ4n) is 3.26. The lowest BCUT2D eigenvalue weighted by Gasteiger charge is -2.14. The maximum Gasteiger partial charge on any atom is 0.240 e. The molecule has 1 aliphatic heterocycles. The Morgan fingerprint density at radius 3 is 2.23 bits per heavy atom. The van der Waals surface area contributed by atoms with Gasteiger partial charge < -0.3 is 14.8 Å². The van der Waals surface area contributed by atoms with Crippen molar-refractivity contribution in [3.8, 4) is 11.5 Å². The molecule has 1 aromatic carbocycles. The van der Waals surface area contributed by atoms with Gasteiger partial charge in [-0.15, -0.1) is 0 Å². The van der Waals surface area contributed by atoms with E-state index in [4.69, 9.17) is 9.47 Å². The summed E-state index contributed by atoms with van der Waals surface area (Å²) in [5, 5.41) is 2.67. The second-order valence-electron chi connectivity index (χ2n) is 6.29. The second-order valence-corrected chi connectivity index (χ2v) is 6.29. The molecule has 7 heteroatoms. The maximum absolute atomic E-state index is 12.3. The Labute approximate surface area is 151 Å². The molecule has 0 aromatic heterocycles. The molecule has 3 rings (SSSR count). The summed E-state index contributed by atoms with van der Waals surface area (Å²) < 4.78 is 10.6. The summed E-state index contributed by atoms with van der Waals surface area (Å²) in [4.78, 5) is 37.7. The normalized spacial score (nSPS) is 21.5. The van der Waals surface area contributed by atoms with E-state index >= 15 is 0 Å². The van der Waals surface area contributed by atoms with Crippen molar-refractivity contribution < 1.29 is 23.9 Å². The third-order valence-electron chi connectivity index (χ3n) is 4.65. The number of nitrogens with one attached hydrogen (secondary N) is 1. The maximum atomic E-state index is 12.3. The summed E-state index contributed by atoms with van der Waals surface area (Å²) in [5.41, 5.74) is 0. The Morgan fingerprint density at radius 1 is 1.08 bits per heavy atom. The predicted molar refractivity (Wildman–Crippen MR) is 93.6 cm³/mol. The van der Waals surface area contributed by atoms with Gasteiger partial charge in [0.15, 0.2) is 0 Å². The molecule has 1 fully saturated rings. The Kier molecular flexibility index (Phi) is 5.55. The Morgan fingerprint density at radius 2 is 1.65 bits per heavy atom. The van der Waals surface area contributed by atoms with Gasteiger partial charge in [0.05, 0.1) is 25.5 Å². The van der Waals surface area contributed by atoms with Crippen LogP contribution in [0.15, 0.2) is 36.4 Å². The van der Waals surface area contributed by atoms with Crippen LogP contribution in [0.2, 0.25) is 0 Å². The minimum atomic E-state index is -0.364. The van der Waals surface area contributed by atoms with E-state index in [0.29, 0.717) is 18.6 Å². The Hall–Kier alpha value is -2.83. The van der Waals surface area contributed by atoms with E-state index in [1.807, 2.05) is 12.2 Å². The molecule has 1 N–H and O–H groups in total. The topological polar surface area (TPSA) is 84.9 Å². The number of amides is 3. The van der Waals surface area contributed by atoms with Crippen molar-refractivity contribution in [3.63, 3.8) is 0 Å². The van der Waals surface area contributed by atoms with Crippen molar-refractivity contribution in [3.05, 3.63) is 36.4 Å². The number of carbonyl (C=O) groups excluding carboxylic acids is 3. The number of allylic oxidation sites excluding steroid dienone is 2. The summed E-state index contributed by atoms with van der Waals surface area (Å²) in [5.74, 6) is -0.0556. The van der Waals surface area contributed by atoms with E-state index in [-0.39, 0.29) is 49.3 Å². The second kappa shape index (κ2) is 8.03. The zero-order valence-corrected chi connectivity index (χ0v) is 14.6. The number of fused-ring (bicyclic) bond motifs is 1. The molecule has 7 nitrogen and oxygen atoms in total. The molecular weight excluding hydrogens is 336 g/mol. The van der Waals surface area contributed by atoms with Gasteiger partial charge in [0.1, 0.15) is 24.7 Å². The average Bonchev–Trinajstić information content (AvgIpc) is 2.91. The molecule has 1 heterocycles. The molecule has 3 amide bonds. The first kappa shape index (κ1) is 18.0. The van der Waals surface area contributed by atoms with E-state index in [1.54, 1.807) is 31.4 Å². The highest BCUT2D eigenvalue weighted by atomic mass is 16.5. The molecular formula is C19H22N2O5. The van der Waals surface area contributed by atoms with Crippen LogP contribution in [0.4, 0.5) is 0 Å². The van der Waals surface area contributed by atoms with E-state index in [0.717, 1.165) is 10.6 Å². The highest BCUT2D eigenvalue weighted by Gasteiger charge is 2.47. The number of rotatable bonds is 7. The van der Waals surface area contributed by atoms with E-state index < -0.39 is 0 Å². The van der Waals surface area contributed by atoms with Crippen LogP contribution in [0.5, 0.6) is 11.5 Å². The van der Waals surface area contributed by atoms with Gasteiger partial charge in [0.25, 0.3) is 0 Å². The lowest BCUT2D eigenvalue weighted by Crippen LogP contribution is -2.42. The van der Waals surface area contributed by atoms with Gasteiger partial charge in [-0.3, -0.25) is 19.3 Å². The van der Waals surface area contributed by atoms with Gasteiger partial charge in [-0.05, 0) is 37.1 Å². The smallest absolute Gasteiger partial charge is 0.240 e. The van der Waals surface area contributed by atoms with Crippen LogP contribution >= 0.6 is 0 Å². The fraction of sp³-hybridized carbons (Fsp3) is 0.421. The van der Waals surface area contributed by atoms with Gasteiger partial charge in [-0.25, -0.2) is 0 Å². The highest BCUT2D eigenvalue weighted by molar-refractivity contribution is 6.07. The van der Waals surface area contributed by atoms with Crippen LogP contribution in [0.1, 0.15) is 12.8 Å².